The number of alkyl halides is 2. The number of benzene rings is 2. The molecule has 11 heteroatoms. The fraction of sp³-hybridized carbons (Fsp3) is 0.211. The van der Waals surface area contributed by atoms with Crippen molar-refractivity contribution in [3.63, 3.8) is 0 Å². The van der Waals surface area contributed by atoms with E-state index in [0.29, 0.717) is 27.1 Å². The minimum Gasteiger partial charge on any atom is -0.496 e. The van der Waals surface area contributed by atoms with Gasteiger partial charge in [-0.3, -0.25) is 0 Å². The highest BCUT2D eigenvalue weighted by atomic mass is 35.5. The summed E-state index contributed by atoms with van der Waals surface area (Å²) in [6, 6.07) is 10.2. The summed E-state index contributed by atoms with van der Waals surface area (Å²) >= 11 is 13.2. The lowest BCUT2D eigenvalue weighted by molar-refractivity contribution is 0.135. The fourth-order valence-corrected chi connectivity index (χ4v) is 3.41. The van der Waals surface area contributed by atoms with Crippen LogP contribution in [0.1, 0.15) is 23.4 Å². The van der Waals surface area contributed by atoms with Crippen molar-refractivity contribution in [3.8, 4) is 11.5 Å². The molecule has 0 fully saturated rings. The minimum absolute atomic E-state index is 0.164. The molecule has 0 atom stereocenters. The monoisotopic (exact) mass is 472 g/mol. The summed E-state index contributed by atoms with van der Waals surface area (Å²) in [6.07, 6.45) is 0.350. The molecule has 0 bridgehead atoms. The average molecular weight is 473 g/mol. The lowest BCUT2D eigenvalue weighted by Crippen LogP contribution is -2.02. The summed E-state index contributed by atoms with van der Waals surface area (Å²) in [5.41, 5.74) is 1.37. The van der Waals surface area contributed by atoms with E-state index in [2.05, 4.69) is 15.3 Å². The fourth-order valence-electron chi connectivity index (χ4n) is 2.51. The highest BCUT2D eigenvalue weighted by Crippen LogP contribution is 2.29. The predicted molar refractivity (Wildman–Crippen MR) is 114 cm³/mol. The Hall–Kier alpha value is -2.36. The van der Waals surface area contributed by atoms with Crippen LogP contribution in [0.5, 0.6) is 11.5 Å². The average Bonchev–Trinajstić information content (AvgIpc) is 3.15. The SMILES string of the molecule is COc1ccc(/C=N/n2c(SC)nnc2C(F)F)cc1COc1ccc(Cl)cc1Cl. The van der Waals surface area contributed by atoms with Crippen molar-refractivity contribution in [1.29, 1.82) is 0 Å². The predicted octanol–water partition coefficient (Wildman–Crippen LogP) is 5.71. The van der Waals surface area contributed by atoms with Gasteiger partial charge in [0.15, 0.2) is 0 Å². The number of methoxy groups -OCH3 is 1. The van der Waals surface area contributed by atoms with Gasteiger partial charge < -0.3 is 9.47 Å². The van der Waals surface area contributed by atoms with Gasteiger partial charge in [0, 0.05) is 10.6 Å². The molecule has 30 heavy (non-hydrogen) atoms. The molecule has 0 aliphatic rings. The number of rotatable bonds is 8. The van der Waals surface area contributed by atoms with Gasteiger partial charge in [-0.15, -0.1) is 10.2 Å². The number of thioether (sulfide) groups is 1. The van der Waals surface area contributed by atoms with Gasteiger partial charge in [0.25, 0.3) is 6.43 Å². The van der Waals surface area contributed by atoms with E-state index in [1.165, 1.54) is 18.0 Å². The number of hydrogen-bond donors (Lipinski definition) is 0. The molecular formula is C19H16Cl2F2N4O2S. The maximum atomic E-state index is 13.1. The number of hydrogen-bond acceptors (Lipinski definition) is 6. The third kappa shape index (κ3) is 5.21. The zero-order valence-electron chi connectivity index (χ0n) is 15.9. The van der Waals surface area contributed by atoms with Crippen LogP contribution in [0.3, 0.4) is 0 Å². The third-order valence-corrected chi connectivity index (χ3v) is 5.07. The van der Waals surface area contributed by atoms with Crippen LogP contribution < -0.4 is 9.47 Å². The van der Waals surface area contributed by atoms with Crippen molar-refractivity contribution < 1.29 is 18.3 Å². The molecule has 3 aromatic rings. The standard InChI is InChI=1S/C19H16Cl2F2N4O2S/c1-28-15-5-3-11(9-24-27-18(17(22)23)25-26-19(27)30-2)7-12(15)10-29-16-6-4-13(20)8-14(16)21/h3-9,17H,10H2,1-2H3/b24-9+. The maximum Gasteiger partial charge on any atom is 0.299 e. The molecule has 0 radical (unpaired) electrons. The van der Waals surface area contributed by atoms with E-state index in [1.807, 2.05) is 0 Å². The summed E-state index contributed by atoms with van der Waals surface area (Å²) in [4.78, 5) is 0. The molecule has 3 rings (SSSR count). The molecule has 0 spiro atoms. The molecule has 0 aliphatic carbocycles. The Morgan fingerprint density at radius 2 is 1.93 bits per heavy atom. The van der Waals surface area contributed by atoms with E-state index in [9.17, 15) is 8.78 Å². The second-order valence-corrected chi connectivity index (χ2v) is 7.45. The highest BCUT2D eigenvalue weighted by Gasteiger charge is 2.19. The van der Waals surface area contributed by atoms with Crippen molar-refractivity contribution in [2.24, 2.45) is 5.10 Å². The van der Waals surface area contributed by atoms with Gasteiger partial charge >= 0.3 is 0 Å². The maximum absolute atomic E-state index is 13.1. The molecule has 0 N–H and O–H groups in total. The second kappa shape index (κ2) is 10.1. The van der Waals surface area contributed by atoms with Crippen LogP contribution in [0.25, 0.3) is 0 Å². The first-order chi connectivity index (χ1) is 14.4. The van der Waals surface area contributed by atoms with Gasteiger partial charge in [0.2, 0.25) is 11.0 Å². The molecule has 0 saturated carbocycles. The third-order valence-electron chi connectivity index (χ3n) is 3.92. The highest BCUT2D eigenvalue weighted by molar-refractivity contribution is 7.98. The van der Waals surface area contributed by atoms with E-state index in [-0.39, 0.29) is 11.8 Å². The Labute approximate surface area is 185 Å². The van der Waals surface area contributed by atoms with Crippen LogP contribution in [0, 0.1) is 0 Å². The van der Waals surface area contributed by atoms with Crippen LogP contribution in [0.2, 0.25) is 10.0 Å². The number of halogens is 4. The Balaban J connectivity index is 1.84. The van der Waals surface area contributed by atoms with Gasteiger partial charge in [-0.1, -0.05) is 35.0 Å². The first-order valence-electron chi connectivity index (χ1n) is 8.49. The second-order valence-electron chi connectivity index (χ2n) is 5.84. The number of nitrogens with zero attached hydrogens (tertiary/aromatic N) is 4. The van der Waals surface area contributed by atoms with E-state index < -0.39 is 12.2 Å². The summed E-state index contributed by atoms with van der Waals surface area (Å²) < 4.78 is 38.4. The van der Waals surface area contributed by atoms with Gasteiger partial charge in [-0.25, -0.2) is 8.78 Å². The number of aromatic nitrogens is 3. The summed E-state index contributed by atoms with van der Waals surface area (Å²) in [5.74, 6) is 0.544. The summed E-state index contributed by atoms with van der Waals surface area (Å²) in [6.45, 7) is 0.164. The summed E-state index contributed by atoms with van der Waals surface area (Å²) in [5, 5.41) is 12.5. The molecule has 0 saturated heterocycles. The van der Waals surface area contributed by atoms with Crippen molar-refractivity contribution in [3.05, 3.63) is 63.4 Å². The first kappa shape index (κ1) is 22.3. The van der Waals surface area contributed by atoms with Crippen LogP contribution in [-0.2, 0) is 6.61 Å². The smallest absolute Gasteiger partial charge is 0.299 e. The Morgan fingerprint density at radius 3 is 2.60 bits per heavy atom. The lowest BCUT2D eigenvalue weighted by Gasteiger charge is -2.12. The summed E-state index contributed by atoms with van der Waals surface area (Å²) in [7, 11) is 1.54. The first-order valence-corrected chi connectivity index (χ1v) is 10.5. The van der Waals surface area contributed by atoms with Gasteiger partial charge in [0.1, 0.15) is 18.1 Å². The van der Waals surface area contributed by atoms with E-state index >= 15 is 0 Å². The topological polar surface area (TPSA) is 61.5 Å². The Bertz CT molecular complexity index is 1060. The quantitative estimate of drug-likeness (QED) is 0.310. The van der Waals surface area contributed by atoms with E-state index in [0.717, 1.165) is 10.2 Å². The van der Waals surface area contributed by atoms with Gasteiger partial charge in [-0.05, 0) is 48.2 Å². The number of ether oxygens (including phenoxy) is 2. The molecule has 1 heterocycles. The zero-order chi connectivity index (χ0) is 21.7. The lowest BCUT2D eigenvalue weighted by atomic mass is 10.1. The Morgan fingerprint density at radius 1 is 1.17 bits per heavy atom. The molecular weight excluding hydrogens is 457 g/mol. The molecule has 158 valence electrons. The van der Waals surface area contributed by atoms with E-state index in [1.54, 1.807) is 49.8 Å². The van der Waals surface area contributed by atoms with Gasteiger partial charge in [0.05, 0.1) is 18.3 Å². The molecule has 0 unspecified atom stereocenters. The van der Waals surface area contributed by atoms with Crippen LogP contribution in [0.4, 0.5) is 8.78 Å². The normalized spacial score (nSPS) is 11.4. The molecule has 0 amide bonds. The largest absolute Gasteiger partial charge is 0.496 e. The van der Waals surface area contributed by atoms with Gasteiger partial charge in [-0.2, -0.15) is 9.78 Å². The Kier molecular flexibility index (Phi) is 7.52. The van der Waals surface area contributed by atoms with Crippen molar-refractivity contribution in [2.75, 3.05) is 13.4 Å². The van der Waals surface area contributed by atoms with Crippen molar-refractivity contribution in [1.82, 2.24) is 14.9 Å². The van der Waals surface area contributed by atoms with Crippen LogP contribution in [0.15, 0.2) is 46.7 Å². The molecule has 2 aromatic carbocycles. The molecule has 1 aromatic heterocycles. The van der Waals surface area contributed by atoms with Crippen molar-refractivity contribution >= 4 is 41.2 Å². The van der Waals surface area contributed by atoms with E-state index in [4.69, 9.17) is 32.7 Å². The minimum atomic E-state index is -2.79. The van der Waals surface area contributed by atoms with Crippen LogP contribution in [-0.4, -0.2) is 34.5 Å². The zero-order valence-corrected chi connectivity index (χ0v) is 18.2. The van der Waals surface area contributed by atoms with Crippen LogP contribution >= 0.6 is 35.0 Å². The van der Waals surface area contributed by atoms with Crippen molar-refractivity contribution in [2.45, 2.75) is 18.2 Å². The molecule has 0 aliphatic heterocycles. The molecule has 6 nitrogen and oxygen atoms in total.